The van der Waals surface area contributed by atoms with Crippen molar-refractivity contribution in [1.82, 2.24) is 10.2 Å². The molecule has 1 spiro atoms. The number of alkyl halides is 6. The summed E-state index contributed by atoms with van der Waals surface area (Å²) in [6.07, 6.45) is -7.74. The minimum absolute atomic E-state index is 0.0187. The standard InChI is InChI=1S/C34H34F7N3O2/c1-21(45)44-29-6-4-3-5-28(29)32(13-15-42-16-14-32)30(44)12-9-23(22-7-10-27(35)11-8-22)20-43(2)31(46)24-17-25(33(36,37)38)19-26(18-24)34(39,40)41/h3-8,10-11,17-19,23,30,42H,9,12-16,20H2,1-2H3/t23-,30?/m1/s1. The largest absolute Gasteiger partial charge is 0.416 e. The van der Waals surface area contributed by atoms with Crippen LogP contribution < -0.4 is 10.2 Å². The van der Waals surface area contributed by atoms with Gasteiger partial charge >= 0.3 is 12.4 Å². The Kier molecular flexibility index (Phi) is 9.23. The van der Waals surface area contributed by atoms with Crippen LogP contribution in [-0.2, 0) is 22.6 Å². The number of fused-ring (bicyclic) bond motifs is 2. The first-order valence-corrected chi connectivity index (χ1v) is 15.0. The summed E-state index contributed by atoms with van der Waals surface area (Å²) in [6.45, 7) is 2.95. The number of benzene rings is 3. The number of likely N-dealkylation sites (N-methyl/N-ethyl adjacent to an activating group) is 1. The maximum absolute atomic E-state index is 13.9. The Balaban J connectivity index is 1.46. The van der Waals surface area contributed by atoms with E-state index in [-0.39, 0.29) is 30.0 Å². The average Bonchev–Trinajstić information content (AvgIpc) is 3.27. The van der Waals surface area contributed by atoms with Crippen molar-refractivity contribution < 1.29 is 40.3 Å². The normalized spacial score (nSPS) is 18.4. The lowest BCUT2D eigenvalue weighted by molar-refractivity contribution is -0.143. The van der Waals surface area contributed by atoms with E-state index in [9.17, 15) is 40.3 Å². The van der Waals surface area contributed by atoms with Crippen molar-refractivity contribution in [2.45, 2.75) is 62.3 Å². The third kappa shape index (κ3) is 6.63. The summed E-state index contributed by atoms with van der Waals surface area (Å²) in [6, 6.07) is 14.0. The van der Waals surface area contributed by atoms with Crippen LogP contribution in [0.1, 0.15) is 71.1 Å². The van der Waals surface area contributed by atoms with Crippen LogP contribution in [0.4, 0.5) is 36.4 Å². The minimum atomic E-state index is -5.10. The molecule has 2 amide bonds. The predicted molar refractivity (Wildman–Crippen MR) is 159 cm³/mol. The molecule has 0 radical (unpaired) electrons. The minimum Gasteiger partial charge on any atom is -0.341 e. The molecule has 46 heavy (non-hydrogen) atoms. The molecule has 2 heterocycles. The van der Waals surface area contributed by atoms with Gasteiger partial charge in [0.2, 0.25) is 5.91 Å². The molecule has 0 aromatic heterocycles. The van der Waals surface area contributed by atoms with Crippen LogP contribution in [-0.4, -0.2) is 49.4 Å². The van der Waals surface area contributed by atoms with Gasteiger partial charge in [0, 0.05) is 49.1 Å². The third-order valence-corrected chi connectivity index (χ3v) is 9.29. The summed E-state index contributed by atoms with van der Waals surface area (Å²) in [4.78, 5) is 29.4. The molecular formula is C34H34F7N3O2. The third-order valence-electron chi connectivity index (χ3n) is 9.29. The number of rotatable bonds is 7. The molecule has 246 valence electrons. The lowest BCUT2D eigenvalue weighted by Gasteiger charge is -2.42. The van der Waals surface area contributed by atoms with E-state index in [2.05, 4.69) is 5.32 Å². The summed E-state index contributed by atoms with van der Waals surface area (Å²) in [5.74, 6) is -2.10. The van der Waals surface area contributed by atoms with E-state index in [0.717, 1.165) is 42.1 Å². The molecule has 3 aromatic rings. The monoisotopic (exact) mass is 649 g/mol. The van der Waals surface area contributed by atoms with Crippen LogP contribution in [0.15, 0.2) is 66.7 Å². The van der Waals surface area contributed by atoms with Crippen LogP contribution in [0.5, 0.6) is 0 Å². The van der Waals surface area contributed by atoms with Crippen LogP contribution >= 0.6 is 0 Å². The van der Waals surface area contributed by atoms with E-state index in [1.165, 1.54) is 26.1 Å². The highest BCUT2D eigenvalue weighted by Crippen LogP contribution is 2.52. The molecule has 2 aliphatic heterocycles. The highest BCUT2D eigenvalue weighted by Gasteiger charge is 2.52. The molecule has 5 nitrogen and oxygen atoms in total. The van der Waals surface area contributed by atoms with E-state index >= 15 is 0 Å². The van der Waals surface area contributed by atoms with Gasteiger partial charge in [-0.25, -0.2) is 4.39 Å². The van der Waals surface area contributed by atoms with Gasteiger partial charge in [-0.15, -0.1) is 0 Å². The maximum Gasteiger partial charge on any atom is 0.416 e. The van der Waals surface area contributed by atoms with Gasteiger partial charge in [0.05, 0.1) is 11.1 Å². The SMILES string of the molecule is CC(=O)N1c2ccccc2C2(CCNCC2)C1CC[C@H](CN(C)C(=O)c1cc(C(F)(F)F)cc(C(F)(F)F)c1)c1ccc(F)cc1. The number of carbonyl (C=O) groups is 2. The molecule has 12 heteroatoms. The van der Waals surface area contributed by atoms with Gasteiger partial charge in [-0.3, -0.25) is 9.59 Å². The number of hydrogen-bond acceptors (Lipinski definition) is 3. The summed E-state index contributed by atoms with van der Waals surface area (Å²) >= 11 is 0. The van der Waals surface area contributed by atoms with E-state index in [0.29, 0.717) is 30.5 Å². The second-order valence-electron chi connectivity index (χ2n) is 12.1. The van der Waals surface area contributed by atoms with Crippen LogP contribution in [0.2, 0.25) is 0 Å². The Hall–Kier alpha value is -3.93. The summed E-state index contributed by atoms with van der Waals surface area (Å²) < 4.78 is 94.9. The van der Waals surface area contributed by atoms with Gasteiger partial charge < -0.3 is 15.1 Å². The second kappa shape index (κ2) is 12.7. The molecular weight excluding hydrogens is 615 g/mol. The Morgan fingerprint density at radius 1 is 0.935 bits per heavy atom. The summed E-state index contributed by atoms with van der Waals surface area (Å²) in [5.41, 5.74) is -1.65. The number of para-hydroxylation sites is 1. The summed E-state index contributed by atoms with van der Waals surface area (Å²) in [7, 11) is 1.31. The van der Waals surface area contributed by atoms with Gasteiger partial charge in [0.25, 0.3) is 5.91 Å². The van der Waals surface area contributed by atoms with Crippen molar-refractivity contribution in [2.75, 3.05) is 31.6 Å². The fraction of sp³-hybridized carbons (Fsp3) is 0.412. The fourth-order valence-electron chi connectivity index (χ4n) is 7.14. The topological polar surface area (TPSA) is 52.7 Å². The highest BCUT2D eigenvalue weighted by molar-refractivity contribution is 5.96. The first-order valence-electron chi connectivity index (χ1n) is 15.0. The van der Waals surface area contributed by atoms with Crippen molar-refractivity contribution in [3.8, 4) is 0 Å². The predicted octanol–water partition coefficient (Wildman–Crippen LogP) is 7.56. The Bertz CT molecular complexity index is 1550. The maximum atomic E-state index is 13.9. The van der Waals surface area contributed by atoms with E-state index in [1.807, 2.05) is 29.2 Å². The van der Waals surface area contributed by atoms with Gasteiger partial charge in [-0.05, 0) is 86.3 Å². The van der Waals surface area contributed by atoms with Crippen molar-refractivity contribution >= 4 is 17.5 Å². The van der Waals surface area contributed by atoms with Gasteiger partial charge in [0.1, 0.15) is 5.82 Å². The zero-order chi connectivity index (χ0) is 33.4. The number of nitrogens with zero attached hydrogens (tertiary/aromatic N) is 2. The fourth-order valence-corrected chi connectivity index (χ4v) is 7.14. The zero-order valence-electron chi connectivity index (χ0n) is 25.3. The molecule has 1 saturated heterocycles. The number of halogens is 7. The first kappa shape index (κ1) is 33.4. The smallest absolute Gasteiger partial charge is 0.341 e. The lowest BCUT2D eigenvalue weighted by atomic mass is 9.68. The number of nitrogens with one attached hydrogen (secondary N) is 1. The Morgan fingerprint density at radius 3 is 2.09 bits per heavy atom. The molecule has 2 atom stereocenters. The first-order chi connectivity index (χ1) is 21.6. The van der Waals surface area contributed by atoms with E-state index in [4.69, 9.17) is 0 Å². The average molecular weight is 650 g/mol. The molecule has 1 fully saturated rings. The number of hydrogen-bond donors (Lipinski definition) is 1. The molecule has 0 saturated carbocycles. The lowest BCUT2D eigenvalue weighted by Crippen LogP contribution is -2.51. The van der Waals surface area contributed by atoms with Crippen molar-refractivity contribution in [3.63, 3.8) is 0 Å². The Morgan fingerprint density at radius 2 is 1.52 bits per heavy atom. The number of amides is 2. The van der Waals surface area contributed by atoms with Crippen LogP contribution in [0, 0.1) is 5.82 Å². The Labute approximate surface area is 262 Å². The molecule has 0 aliphatic carbocycles. The number of piperidine rings is 1. The van der Waals surface area contributed by atoms with Crippen molar-refractivity contribution in [1.29, 1.82) is 0 Å². The molecule has 0 bridgehead atoms. The molecule has 3 aromatic carbocycles. The van der Waals surface area contributed by atoms with Crippen LogP contribution in [0.25, 0.3) is 0 Å². The molecule has 5 rings (SSSR count). The molecule has 1 N–H and O–H groups in total. The van der Waals surface area contributed by atoms with Gasteiger partial charge in [-0.2, -0.15) is 26.3 Å². The second-order valence-corrected chi connectivity index (χ2v) is 12.1. The highest BCUT2D eigenvalue weighted by atomic mass is 19.4. The number of anilines is 1. The van der Waals surface area contributed by atoms with E-state index < -0.39 is 46.7 Å². The molecule has 2 aliphatic rings. The zero-order valence-corrected chi connectivity index (χ0v) is 25.3. The number of carbonyl (C=O) groups excluding carboxylic acids is 2. The quantitative estimate of drug-likeness (QED) is 0.269. The van der Waals surface area contributed by atoms with Gasteiger partial charge in [-0.1, -0.05) is 30.3 Å². The van der Waals surface area contributed by atoms with E-state index in [1.54, 1.807) is 12.1 Å². The van der Waals surface area contributed by atoms with Crippen molar-refractivity contribution in [3.05, 3.63) is 100 Å². The summed E-state index contributed by atoms with van der Waals surface area (Å²) in [5, 5.41) is 3.38. The van der Waals surface area contributed by atoms with Gasteiger partial charge in [0.15, 0.2) is 0 Å². The van der Waals surface area contributed by atoms with Crippen LogP contribution in [0.3, 0.4) is 0 Å². The molecule has 1 unspecified atom stereocenters. The van der Waals surface area contributed by atoms with Crippen molar-refractivity contribution in [2.24, 2.45) is 0 Å².